The zero-order valence-corrected chi connectivity index (χ0v) is 11.8. The maximum atomic E-state index is 6.27. The van der Waals surface area contributed by atoms with E-state index < -0.39 is 0 Å². The Morgan fingerprint density at radius 2 is 1.76 bits per heavy atom. The normalized spacial score (nSPS) is 10.3. The molecule has 21 heavy (non-hydrogen) atoms. The van der Waals surface area contributed by atoms with Gasteiger partial charge in [-0.1, -0.05) is 48.0 Å². The quantitative estimate of drug-likeness (QED) is 0.788. The Morgan fingerprint density at radius 3 is 2.48 bits per heavy atom. The minimum atomic E-state index is 0.157. The van der Waals surface area contributed by atoms with Gasteiger partial charge in [-0.2, -0.15) is 4.98 Å². The number of ether oxygens (including phenoxy) is 1. The van der Waals surface area contributed by atoms with Crippen molar-refractivity contribution >= 4 is 17.5 Å². The van der Waals surface area contributed by atoms with E-state index in [4.69, 9.17) is 22.1 Å². The molecule has 2 aromatic carbocycles. The predicted octanol–water partition coefficient (Wildman–Crippen LogP) is 4.17. The minimum absolute atomic E-state index is 0.157. The van der Waals surface area contributed by atoms with Gasteiger partial charge in [-0.05, 0) is 23.3 Å². The van der Waals surface area contributed by atoms with Crippen LogP contribution in [0.5, 0.6) is 11.6 Å². The van der Waals surface area contributed by atoms with Crippen molar-refractivity contribution in [2.24, 2.45) is 0 Å². The van der Waals surface area contributed by atoms with Gasteiger partial charge in [-0.15, -0.1) is 0 Å². The molecule has 0 saturated carbocycles. The van der Waals surface area contributed by atoms with Crippen LogP contribution in [0.4, 0.5) is 5.95 Å². The van der Waals surface area contributed by atoms with E-state index in [1.165, 1.54) is 6.20 Å². The molecular weight excluding hydrogens is 286 g/mol. The summed E-state index contributed by atoms with van der Waals surface area (Å²) in [5, 5.41) is 0.508. The van der Waals surface area contributed by atoms with Crippen molar-refractivity contribution in [1.29, 1.82) is 0 Å². The van der Waals surface area contributed by atoms with E-state index in [2.05, 4.69) is 9.97 Å². The summed E-state index contributed by atoms with van der Waals surface area (Å²) < 4.78 is 5.62. The van der Waals surface area contributed by atoms with Crippen LogP contribution in [-0.2, 0) is 0 Å². The molecule has 2 N–H and O–H groups in total. The Labute approximate surface area is 127 Å². The van der Waals surface area contributed by atoms with Crippen LogP contribution in [-0.4, -0.2) is 9.97 Å². The van der Waals surface area contributed by atoms with E-state index in [1.54, 1.807) is 6.07 Å². The van der Waals surface area contributed by atoms with Gasteiger partial charge >= 0.3 is 0 Å². The van der Waals surface area contributed by atoms with Crippen LogP contribution in [0.3, 0.4) is 0 Å². The van der Waals surface area contributed by atoms with Gasteiger partial charge in [0.1, 0.15) is 5.75 Å². The Kier molecular flexibility index (Phi) is 3.71. The van der Waals surface area contributed by atoms with Crippen LogP contribution >= 0.6 is 11.6 Å². The first-order chi connectivity index (χ1) is 10.2. The van der Waals surface area contributed by atoms with Gasteiger partial charge in [0.05, 0.1) is 5.02 Å². The first kappa shape index (κ1) is 13.4. The SMILES string of the molecule is Nc1nccc(Oc2ccc(-c3ccccc3)cc2Cl)n1. The second-order valence-corrected chi connectivity index (χ2v) is 4.77. The molecule has 0 bridgehead atoms. The molecule has 0 spiro atoms. The van der Waals surface area contributed by atoms with Crippen molar-refractivity contribution in [1.82, 2.24) is 9.97 Å². The molecule has 0 amide bonds. The fourth-order valence-electron chi connectivity index (χ4n) is 1.92. The van der Waals surface area contributed by atoms with Gasteiger partial charge in [-0.3, -0.25) is 0 Å². The number of nitrogens with two attached hydrogens (primary N) is 1. The number of anilines is 1. The molecule has 104 valence electrons. The molecule has 0 saturated heterocycles. The van der Waals surface area contributed by atoms with Crippen LogP contribution in [0.15, 0.2) is 60.8 Å². The summed E-state index contributed by atoms with van der Waals surface area (Å²) in [4.78, 5) is 7.79. The highest BCUT2D eigenvalue weighted by Crippen LogP contribution is 2.32. The van der Waals surface area contributed by atoms with Crippen molar-refractivity contribution in [3.8, 4) is 22.8 Å². The number of benzene rings is 2. The van der Waals surface area contributed by atoms with Gasteiger partial charge in [0.15, 0.2) is 0 Å². The van der Waals surface area contributed by atoms with Crippen molar-refractivity contribution < 1.29 is 4.74 Å². The topological polar surface area (TPSA) is 61.0 Å². The summed E-state index contributed by atoms with van der Waals surface area (Å²) in [5.41, 5.74) is 7.63. The van der Waals surface area contributed by atoms with Crippen molar-refractivity contribution in [3.63, 3.8) is 0 Å². The second kappa shape index (κ2) is 5.81. The van der Waals surface area contributed by atoms with Crippen LogP contribution in [0.25, 0.3) is 11.1 Å². The fraction of sp³-hybridized carbons (Fsp3) is 0. The predicted molar refractivity (Wildman–Crippen MR) is 83.4 cm³/mol. The first-order valence-corrected chi connectivity index (χ1v) is 6.71. The lowest BCUT2D eigenvalue weighted by molar-refractivity contribution is 0.463. The number of halogens is 1. The third-order valence-corrected chi connectivity index (χ3v) is 3.20. The van der Waals surface area contributed by atoms with Crippen LogP contribution in [0.1, 0.15) is 0 Å². The Morgan fingerprint density at radius 1 is 0.952 bits per heavy atom. The number of rotatable bonds is 3. The standard InChI is InChI=1S/C16H12ClN3O/c17-13-10-12(11-4-2-1-3-5-11)6-7-14(13)21-15-8-9-19-16(18)20-15/h1-10H,(H2,18,19,20). The number of hydrogen-bond acceptors (Lipinski definition) is 4. The number of nitrogen functional groups attached to an aromatic ring is 1. The lowest BCUT2D eigenvalue weighted by Gasteiger charge is -2.08. The molecule has 3 rings (SSSR count). The Hall–Kier alpha value is -2.59. The highest BCUT2D eigenvalue weighted by molar-refractivity contribution is 6.32. The van der Waals surface area contributed by atoms with E-state index in [9.17, 15) is 0 Å². The molecule has 4 nitrogen and oxygen atoms in total. The summed E-state index contributed by atoms with van der Waals surface area (Å²) in [6.45, 7) is 0. The molecule has 0 aliphatic carbocycles. The molecule has 0 unspecified atom stereocenters. The number of aromatic nitrogens is 2. The molecule has 1 aromatic heterocycles. The highest BCUT2D eigenvalue weighted by Gasteiger charge is 2.07. The summed E-state index contributed by atoms with van der Waals surface area (Å²) >= 11 is 6.27. The van der Waals surface area contributed by atoms with Crippen molar-refractivity contribution in [2.45, 2.75) is 0 Å². The van der Waals surface area contributed by atoms with Crippen molar-refractivity contribution in [2.75, 3.05) is 5.73 Å². The molecule has 0 radical (unpaired) electrons. The molecule has 5 heteroatoms. The largest absolute Gasteiger partial charge is 0.437 e. The summed E-state index contributed by atoms with van der Waals surface area (Å²) in [5.74, 6) is 1.04. The van der Waals surface area contributed by atoms with E-state index >= 15 is 0 Å². The number of hydrogen-bond donors (Lipinski definition) is 1. The zero-order valence-electron chi connectivity index (χ0n) is 11.0. The van der Waals surface area contributed by atoms with Gasteiger partial charge in [0, 0.05) is 12.3 Å². The fourth-order valence-corrected chi connectivity index (χ4v) is 2.14. The maximum absolute atomic E-state index is 6.27. The second-order valence-electron chi connectivity index (χ2n) is 4.37. The van der Waals surface area contributed by atoms with Gasteiger partial charge in [0.2, 0.25) is 11.8 Å². The molecular formula is C16H12ClN3O. The van der Waals surface area contributed by atoms with Crippen LogP contribution in [0, 0.1) is 0 Å². The highest BCUT2D eigenvalue weighted by atomic mass is 35.5. The van der Waals surface area contributed by atoms with Gasteiger partial charge in [0.25, 0.3) is 0 Å². The molecule has 0 aliphatic rings. The van der Waals surface area contributed by atoms with Gasteiger partial charge in [-0.25, -0.2) is 4.98 Å². The number of nitrogens with zero attached hydrogens (tertiary/aromatic N) is 2. The van der Waals surface area contributed by atoms with Crippen LogP contribution in [0.2, 0.25) is 5.02 Å². The monoisotopic (exact) mass is 297 g/mol. The van der Waals surface area contributed by atoms with E-state index in [1.807, 2.05) is 48.5 Å². The third kappa shape index (κ3) is 3.12. The van der Waals surface area contributed by atoms with Crippen LogP contribution < -0.4 is 10.5 Å². The summed E-state index contributed by atoms with van der Waals surface area (Å²) in [6, 6.07) is 17.2. The first-order valence-electron chi connectivity index (χ1n) is 6.34. The zero-order chi connectivity index (χ0) is 14.7. The average Bonchev–Trinajstić information content (AvgIpc) is 2.50. The molecule has 0 atom stereocenters. The average molecular weight is 298 g/mol. The minimum Gasteiger partial charge on any atom is -0.437 e. The summed E-state index contributed by atoms with van der Waals surface area (Å²) in [7, 11) is 0. The smallest absolute Gasteiger partial charge is 0.224 e. The van der Waals surface area contributed by atoms with E-state index in [-0.39, 0.29) is 5.95 Å². The Bertz CT molecular complexity index is 762. The third-order valence-electron chi connectivity index (χ3n) is 2.90. The maximum Gasteiger partial charge on any atom is 0.224 e. The van der Waals surface area contributed by atoms with Gasteiger partial charge < -0.3 is 10.5 Å². The summed E-state index contributed by atoms with van der Waals surface area (Å²) in [6.07, 6.45) is 1.53. The molecule has 0 fully saturated rings. The molecule has 3 aromatic rings. The lowest BCUT2D eigenvalue weighted by atomic mass is 10.1. The lowest BCUT2D eigenvalue weighted by Crippen LogP contribution is -1.96. The van der Waals surface area contributed by atoms with E-state index in [0.717, 1.165) is 11.1 Å². The van der Waals surface area contributed by atoms with Crippen molar-refractivity contribution in [3.05, 3.63) is 65.8 Å². The van der Waals surface area contributed by atoms with E-state index in [0.29, 0.717) is 16.7 Å². The molecule has 1 heterocycles. The molecule has 0 aliphatic heterocycles. The Balaban J connectivity index is 1.88.